The van der Waals surface area contributed by atoms with Crippen LogP contribution >= 0.6 is 0 Å². The molecule has 0 radical (unpaired) electrons. The summed E-state index contributed by atoms with van der Waals surface area (Å²) in [5.74, 6) is -0.958. The number of carboxylic acids is 1. The van der Waals surface area contributed by atoms with Crippen LogP contribution in [0.2, 0.25) is 0 Å². The monoisotopic (exact) mass is 245 g/mol. The van der Waals surface area contributed by atoms with Gasteiger partial charge in [0.25, 0.3) is 0 Å². The molecule has 0 aromatic heterocycles. The highest BCUT2D eigenvalue weighted by molar-refractivity contribution is 5.80. The molecule has 94 valence electrons. The second-order valence-corrected chi connectivity index (χ2v) is 4.65. The lowest BCUT2D eigenvalue weighted by Gasteiger charge is -2.38. The van der Waals surface area contributed by atoms with Gasteiger partial charge in [0.2, 0.25) is 0 Å². The number of nitrogens with zero attached hydrogens (tertiary/aromatic N) is 2. The zero-order valence-electron chi connectivity index (χ0n) is 9.97. The van der Waals surface area contributed by atoms with Crippen molar-refractivity contribution in [3.63, 3.8) is 0 Å². The average Bonchev–Trinajstić information content (AvgIpc) is 2.39. The van der Waals surface area contributed by atoms with Crippen LogP contribution in [0.4, 0.5) is 5.69 Å². The van der Waals surface area contributed by atoms with Crippen molar-refractivity contribution >= 4 is 11.7 Å². The molecule has 1 saturated heterocycles. The average molecular weight is 245 g/mol. The summed E-state index contributed by atoms with van der Waals surface area (Å²) in [5, 5.41) is 17.9. The van der Waals surface area contributed by atoms with E-state index >= 15 is 0 Å². The molecule has 1 aromatic carbocycles. The molecule has 5 nitrogen and oxygen atoms in total. The highest BCUT2D eigenvalue weighted by atomic mass is 16.4. The van der Waals surface area contributed by atoms with Crippen LogP contribution in [-0.4, -0.2) is 29.7 Å². The lowest BCUT2D eigenvalue weighted by molar-refractivity contribution is -0.143. The largest absolute Gasteiger partial charge is 0.480 e. The number of benzene rings is 1. The molecule has 1 unspecified atom stereocenters. The Morgan fingerprint density at radius 3 is 2.67 bits per heavy atom. The van der Waals surface area contributed by atoms with Crippen molar-refractivity contribution in [1.82, 2.24) is 0 Å². The quantitative estimate of drug-likeness (QED) is 0.809. The third-order valence-corrected chi connectivity index (χ3v) is 3.31. The van der Waals surface area contributed by atoms with E-state index in [2.05, 4.69) is 6.07 Å². The minimum absolute atomic E-state index is 0.300. The minimum atomic E-state index is -1.17. The summed E-state index contributed by atoms with van der Waals surface area (Å²) in [6, 6.07) is 9.16. The summed E-state index contributed by atoms with van der Waals surface area (Å²) in [4.78, 5) is 13.1. The molecule has 18 heavy (non-hydrogen) atoms. The molecule has 1 fully saturated rings. The van der Waals surface area contributed by atoms with Gasteiger partial charge in [-0.2, -0.15) is 5.26 Å². The van der Waals surface area contributed by atoms with Crippen molar-refractivity contribution in [2.45, 2.75) is 18.4 Å². The van der Waals surface area contributed by atoms with Crippen LogP contribution in [-0.2, 0) is 4.79 Å². The molecule has 0 amide bonds. The Bertz CT molecular complexity index is 492. The molecule has 0 bridgehead atoms. The first-order valence-corrected chi connectivity index (χ1v) is 5.82. The van der Waals surface area contributed by atoms with E-state index in [1.807, 2.05) is 17.0 Å². The van der Waals surface area contributed by atoms with E-state index in [1.165, 1.54) is 0 Å². The normalized spacial score (nSPS) is 23.4. The van der Waals surface area contributed by atoms with Crippen LogP contribution in [0, 0.1) is 11.3 Å². The number of piperidine rings is 1. The summed E-state index contributed by atoms with van der Waals surface area (Å²) in [6.45, 7) is 1.09. The first-order valence-electron chi connectivity index (χ1n) is 5.82. The number of nitrogens with two attached hydrogens (primary N) is 1. The van der Waals surface area contributed by atoms with Gasteiger partial charge in [0.1, 0.15) is 5.54 Å². The fourth-order valence-electron chi connectivity index (χ4n) is 2.23. The van der Waals surface area contributed by atoms with E-state index < -0.39 is 11.5 Å². The van der Waals surface area contributed by atoms with Crippen molar-refractivity contribution in [2.75, 3.05) is 18.0 Å². The summed E-state index contributed by atoms with van der Waals surface area (Å²) in [5.41, 5.74) is 6.22. The van der Waals surface area contributed by atoms with Crippen molar-refractivity contribution in [2.24, 2.45) is 5.73 Å². The van der Waals surface area contributed by atoms with Gasteiger partial charge in [-0.15, -0.1) is 0 Å². The standard InChI is InChI=1S/C13H15N3O2/c14-8-10-2-4-11(5-3-10)16-7-1-6-13(15,9-16)12(17)18/h2-5H,1,6-7,9,15H2,(H,17,18). The van der Waals surface area contributed by atoms with Crippen LogP contribution in [0.15, 0.2) is 24.3 Å². The summed E-state index contributed by atoms with van der Waals surface area (Å²) in [7, 11) is 0. The number of hydrogen-bond acceptors (Lipinski definition) is 4. The molecule has 1 aliphatic heterocycles. The first-order chi connectivity index (χ1) is 8.55. The van der Waals surface area contributed by atoms with Gasteiger partial charge < -0.3 is 15.7 Å². The Morgan fingerprint density at radius 1 is 1.44 bits per heavy atom. The number of aliphatic carboxylic acids is 1. The molecular formula is C13H15N3O2. The SMILES string of the molecule is N#Cc1ccc(N2CCCC(N)(C(=O)O)C2)cc1. The minimum Gasteiger partial charge on any atom is -0.480 e. The van der Waals surface area contributed by atoms with Crippen LogP contribution in [0.5, 0.6) is 0 Å². The highest BCUT2D eigenvalue weighted by Crippen LogP contribution is 2.25. The molecule has 1 heterocycles. The van der Waals surface area contributed by atoms with Gasteiger partial charge in [-0.25, -0.2) is 0 Å². The molecule has 1 aromatic rings. The molecule has 0 saturated carbocycles. The maximum Gasteiger partial charge on any atom is 0.325 e. The van der Waals surface area contributed by atoms with E-state index in [-0.39, 0.29) is 0 Å². The Labute approximate surface area is 105 Å². The van der Waals surface area contributed by atoms with Crippen molar-refractivity contribution in [3.8, 4) is 6.07 Å². The Kier molecular flexibility index (Phi) is 3.21. The lowest BCUT2D eigenvalue weighted by Crippen LogP contribution is -2.59. The van der Waals surface area contributed by atoms with Crippen LogP contribution in [0.25, 0.3) is 0 Å². The zero-order chi connectivity index (χ0) is 13.2. The Balaban J connectivity index is 2.18. The second-order valence-electron chi connectivity index (χ2n) is 4.65. The van der Waals surface area contributed by atoms with Crippen molar-refractivity contribution < 1.29 is 9.90 Å². The maximum absolute atomic E-state index is 11.2. The number of carbonyl (C=O) groups is 1. The number of hydrogen-bond donors (Lipinski definition) is 2. The predicted molar refractivity (Wildman–Crippen MR) is 67.2 cm³/mol. The third kappa shape index (κ3) is 2.29. The molecule has 5 heteroatoms. The topological polar surface area (TPSA) is 90.4 Å². The van der Waals surface area contributed by atoms with Gasteiger partial charge in [-0.3, -0.25) is 4.79 Å². The lowest BCUT2D eigenvalue weighted by atomic mass is 9.90. The van der Waals surface area contributed by atoms with Crippen LogP contribution in [0.3, 0.4) is 0 Å². The van der Waals surface area contributed by atoms with Crippen LogP contribution in [0.1, 0.15) is 18.4 Å². The van der Waals surface area contributed by atoms with Gasteiger partial charge >= 0.3 is 5.97 Å². The number of nitriles is 1. The molecule has 0 spiro atoms. The van der Waals surface area contributed by atoms with Crippen molar-refractivity contribution in [3.05, 3.63) is 29.8 Å². The molecule has 3 N–H and O–H groups in total. The molecule has 0 aliphatic carbocycles. The fourth-order valence-corrected chi connectivity index (χ4v) is 2.23. The molecule has 1 aliphatic rings. The fraction of sp³-hybridized carbons (Fsp3) is 0.385. The van der Waals surface area contributed by atoms with Gasteiger partial charge in [0.15, 0.2) is 0 Å². The van der Waals surface area contributed by atoms with Crippen LogP contribution < -0.4 is 10.6 Å². The smallest absolute Gasteiger partial charge is 0.325 e. The maximum atomic E-state index is 11.2. The van der Waals surface area contributed by atoms with Gasteiger partial charge in [0, 0.05) is 18.8 Å². The number of rotatable bonds is 2. The van der Waals surface area contributed by atoms with E-state index in [0.29, 0.717) is 18.5 Å². The van der Waals surface area contributed by atoms with E-state index in [1.54, 1.807) is 12.1 Å². The third-order valence-electron chi connectivity index (χ3n) is 3.31. The van der Waals surface area contributed by atoms with Gasteiger partial charge in [0.05, 0.1) is 11.6 Å². The van der Waals surface area contributed by atoms with Gasteiger partial charge in [-0.05, 0) is 37.1 Å². The molecular weight excluding hydrogens is 230 g/mol. The van der Waals surface area contributed by atoms with E-state index in [0.717, 1.165) is 18.7 Å². The second kappa shape index (κ2) is 4.67. The van der Waals surface area contributed by atoms with E-state index in [9.17, 15) is 4.79 Å². The first kappa shape index (κ1) is 12.4. The summed E-state index contributed by atoms with van der Waals surface area (Å²) in [6.07, 6.45) is 1.25. The Hall–Kier alpha value is -2.06. The number of anilines is 1. The predicted octanol–water partition coefficient (Wildman–Crippen LogP) is 0.941. The van der Waals surface area contributed by atoms with Crippen molar-refractivity contribution in [1.29, 1.82) is 5.26 Å². The number of carboxylic acid groups (broad SMARTS) is 1. The van der Waals surface area contributed by atoms with E-state index in [4.69, 9.17) is 16.1 Å². The zero-order valence-corrected chi connectivity index (χ0v) is 9.97. The Morgan fingerprint density at radius 2 is 2.11 bits per heavy atom. The summed E-state index contributed by atoms with van der Waals surface area (Å²) < 4.78 is 0. The molecule has 1 atom stereocenters. The molecule has 2 rings (SSSR count). The summed E-state index contributed by atoms with van der Waals surface area (Å²) >= 11 is 0. The van der Waals surface area contributed by atoms with Gasteiger partial charge in [-0.1, -0.05) is 0 Å². The highest BCUT2D eigenvalue weighted by Gasteiger charge is 2.38.